The molecule has 2 aromatic rings. The summed E-state index contributed by atoms with van der Waals surface area (Å²) in [6.45, 7) is 0. The second-order valence-electron chi connectivity index (χ2n) is 3.63. The monoisotopic (exact) mass is 256 g/mol. The number of aliphatic carboxylic acids is 1. The van der Waals surface area contributed by atoms with Crippen LogP contribution in [0.5, 0.6) is 0 Å². The number of thioether (sulfide) groups is 1. The van der Waals surface area contributed by atoms with Gasteiger partial charge >= 0.3 is 5.97 Å². The van der Waals surface area contributed by atoms with Crippen molar-refractivity contribution in [2.75, 3.05) is 0 Å². The van der Waals surface area contributed by atoms with E-state index in [1.165, 1.54) is 17.8 Å². The molecule has 0 radical (unpaired) electrons. The lowest BCUT2D eigenvalue weighted by molar-refractivity contribution is -0.131. The van der Waals surface area contributed by atoms with Crippen molar-refractivity contribution in [3.8, 4) is 0 Å². The van der Waals surface area contributed by atoms with E-state index in [2.05, 4.69) is 0 Å². The molecule has 0 bridgehead atoms. The number of benzene rings is 2. The summed E-state index contributed by atoms with van der Waals surface area (Å²) in [4.78, 5) is 12.6. The fourth-order valence-corrected chi connectivity index (χ4v) is 2.46. The third-order valence-corrected chi connectivity index (χ3v) is 3.37. The van der Waals surface area contributed by atoms with Gasteiger partial charge in [-0.3, -0.25) is 0 Å². The van der Waals surface area contributed by atoms with Crippen LogP contribution in [0.25, 0.3) is 4.91 Å². The third kappa shape index (κ3) is 3.50. The molecule has 2 nitrogen and oxygen atoms in total. The van der Waals surface area contributed by atoms with Crippen LogP contribution in [-0.4, -0.2) is 11.1 Å². The van der Waals surface area contributed by atoms with Gasteiger partial charge in [0.25, 0.3) is 0 Å². The highest BCUT2D eigenvalue weighted by molar-refractivity contribution is 8.08. The van der Waals surface area contributed by atoms with Crippen molar-refractivity contribution in [2.24, 2.45) is 0 Å². The molecule has 0 heterocycles. The Balaban J connectivity index is 2.31. The predicted octanol–water partition coefficient (Wildman–Crippen LogP) is 3.90. The Morgan fingerprint density at radius 2 is 1.50 bits per heavy atom. The summed E-state index contributed by atoms with van der Waals surface area (Å²) in [5.74, 6) is -0.933. The maximum Gasteiger partial charge on any atom is 0.329 e. The number of carboxylic acids is 1. The molecule has 0 aliphatic heterocycles. The van der Waals surface area contributed by atoms with Crippen LogP contribution >= 0.6 is 11.8 Å². The number of carbonyl (C=O) groups is 1. The van der Waals surface area contributed by atoms with Gasteiger partial charge in [-0.25, -0.2) is 4.79 Å². The smallest absolute Gasteiger partial charge is 0.329 e. The Hall–Kier alpha value is -2.00. The first-order valence-electron chi connectivity index (χ1n) is 5.48. The van der Waals surface area contributed by atoms with Crippen LogP contribution in [-0.2, 0) is 4.79 Å². The maximum absolute atomic E-state index is 10.9. The molecular weight excluding hydrogens is 244 g/mol. The van der Waals surface area contributed by atoms with Crippen molar-refractivity contribution >= 4 is 22.6 Å². The lowest BCUT2D eigenvalue weighted by Gasteiger charge is -2.06. The second kappa shape index (κ2) is 6.07. The van der Waals surface area contributed by atoms with Gasteiger partial charge in [0.15, 0.2) is 0 Å². The predicted molar refractivity (Wildman–Crippen MR) is 74.4 cm³/mol. The lowest BCUT2D eigenvalue weighted by atomic mass is 10.2. The molecule has 3 heteroatoms. The fourth-order valence-electron chi connectivity index (χ4n) is 1.50. The molecule has 90 valence electrons. The van der Waals surface area contributed by atoms with E-state index in [-0.39, 0.29) is 0 Å². The summed E-state index contributed by atoms with van der Waals surface area (Å²) in [5, 5.41) is 8.93. The zero-order valence-electron chi connectivity index (χ0n) is 9.61. The van der Waals surface area contributed by atoms with E-state index in [9.17, 15) is 4.79 Å². The summed E-state index contributed by atoms with van der Waals surface area (Å²) in [6, 6.07) is 19.3. The van der Waals surface area contributed by atoms with E-state index >= 15 is 0 Å². The van der Waals surface area contributed by atoms with Gasteiger partial charge in [0.2, 0.25) is 0 Å². The average molecular weight is 256 g/mol. The standard InChI is InChI=1S/C15H12O2S/c16-15(17)11-14(12-7-3-1-4-8-12)18-13-9-5-2-6-10-13/h1-11H,(H,16,17). The second-order valence-corrected chi connectivity index (χ2v) is 4.74. The number of hydrogen-bond donors (Lipinski definition) is 1. The van der Waals surface area contributed by atoms with Crippen LogP contribution in [0.15, 0.2) is 71.6 Å². The highest BCUT2D eigenvalue weighted by Crippen LogP contribution is 2.33. The highest BCUT2D eigenvalue weighted by Gasteiger charge is 2.05. The first-order valence-corrected chi connectivity index (χ1v) is 6.30. The van der Waals surface area contributed by atoms with Crippen LogP contribution in [0.1, 0.15) is 5.56 Å². The minimum absolute atomic E-state index is 0.731. The van der Waals surface area contributed by atoms with Crippen LogP contribution in [0.4, 0.5) is 0 Å². The SMILES string of the molecule is O=C(O)C=C(Sc1ccccc1)c1ccccc1. The van der Waals surface area contributed by atoms with Crippen molar-refractivity contribution in [2.45, 2.75) is 4.90 Å². The molecule has 0 atom stereocenters. The van der Waals surface area contributed by atoms with Gasteiger partial charge in [-0.1, -0.05) is 60.3 Å². The first-order chi connectivity index (χ1) is 8.75. The van der Waals surface area contributed by atoms with E-state index < -0.39 is 5.97 Å². The van der Waals surface area contributed by atoms with Gasteiger partial charge in [0, 0.05) is 15.9 Å². The largest absolute Gasteiger partial charge is 0.478 e. The topological polar surface area (TPSA) is 37.3 Å². The zero-order valence-corrected chi connectivity index (χ0v) is 10.4. The molecule has 0 saturated heterocycles. The van der Waals surface area contributed by atoms with E-state index in [4.69, 9.17) is 5.11 Å². The van der Waals surface area contributed by atoms with Crippen molar-refractivity contribution in [3.63, 3.8) is 0 Å². The number of rotatable bonds is 4. The van der Waals surface area contributed by atoms with E-state index in [1.54, 1.807) is 0 Å². The molecule has 1 N–H and O–H groups in total. The van der Waals surface area contributed by atoms with E-state index in [0.29, 0.717) is 0 Å². The first kappa shape index (κ1) is 12.5. The normalized spacial score (nSPS) is 11.2. The van der Waals surface area contributed by atoms with Crippen LogP contribution in [0, 0.1) is 0 Å². The lowest BCUT2D eigenvalue weighted by Crippen LogP contribution is -1.90. The van der Waals surface area contributed by atoms with Crippen molar-refractivity contribution < 1.29 is 9.90 Å². The number of carboxylic acid groups (broad SMARTS) is 1. The quantitative estimate of drug-likeness (QED) is 0.665. The molecule has 2 aromatic carbocycles. The summed E-state index contributed by atoms with van der Waals surface area (Å²) < 4.78 is 0. The van der Waals surface area contributed by atoms with Crippen LogP contribution in [0.3, 0.4) is 0 Å². The van der Waals surface area contributed by atoms with Gasteiger partial charge in [-0.2, -0.15) is 0 Å². The molecule has 2 rings (SSSR count). The molecule has 0 fully saturated rings. The molecule has 0 saturated carbocycles. The summed E-state index contributed by atoms with van der Waals surface area (Å²) in [5.41, 5.74) is 0.911. The molecule has 0 aromatic heterocycles. The van der Waals surface area contributed by atoms with Gasteiger partial charge in [0.1, 0.15) is 0 Å². The molecular formula is C15H12O2S. The molecule has 0 aliphatic carbocycles. The van der Waals surface area contributed by atoms with E-state index in [1.807, 2.05) is 60.7 Å². The molecule has 0 spiro atoms. The Morgan fingerprint density at radius 3 is 2.06 bits per heavy atom. The van der Waals surface area contributed by atoms with Crippen molar-refractivity contribution in [1.82, 2.24) is 0 Å². The molecule has 0 amide bonds. The van der Waals surface area contributed by atoms with E-state index in [0.717, 1.165) is 15.4 Å². The third-order valence-electron chi connectivity index (χ3n) is 2.28. The fraction of sp³-hybridized carbons (Fsp3) is 0. The molecule has 0 aliphatic rings. The molecule has 18 heavy (non-hydrogen) atoms. The van der Waals surface area contributed by atoms with Gasteiger partial charge < -0.3 is 5.11 Å². The van der Waals surface area contributed by atoms with Crippen LogP contribution in [0.2, 0.25) is 0 Å². The minimum atomic E-state index is -0.933. The molecule has 0 unspecified atom stereocenters. The van der Waals surface area contributed by atoms with Gasteiger partial charge in [-0.05, 0) is 17.7 Å². The zero-order chi connectivity index (χ0) is 12.8. The van der Waals surface area contributed by atoms with Crippen molar-refractivity contribution in [1.29, 1.82) is 0 Å². The number of hydrogen-bond acceptors (Lipinski definition) is 2. The van der Waals surface area contributed by atoms with Crippen LogP contribution < -0.4 is 0 Å². The Labute approximate surface area is 110 Å². The Bertz CT molecular complexity index is 547. The average Bonchev–Trinajstić information content (AvgIpc) is 2.40. The van der Waals surface area contributed by atoms with Gasteiger partial charge in [-0.15, -0.1) is 0 Å². The Morgan fingerprint density at radius 1 is 0.944 bits per heavy atom. The summed E-state index contributed by atoms with van der Waals surface area (Å²) in [7, 11) is 0. The summed E-state index contributed by atoms with van der Waals surface area (Å²) in [6.07, 6.45) is 1.24. The van der Waals surface area contributed by atoms with Crippen molar-refractivity contribution in [3.05, 3.63) is 72.3 Å². The minimum Gasteiger partial charge on any atom is -0.478 e. The summed E-state index contributed by atoms with van der Waals surface area (Å²) >= 11 is 1.45. The van der Waals surface area contributed by atoms with Gasteiger partial charge in [0.05, 0.1) is 0 Å². The highest BCUT2D eigenvalue weighted by atomic mass is 32.2. The Kier molecular flexibility index (Phi) is 4.20. The maximum atomic E-state index is 10.9.